The number of aryl methyl sites for hydroxylation is 1. The average Bonchev–Trinajstić information content (AvgIpc) is 2.32. The first-order valence-electron chi connectivity index (χ1n) is 5.96. The third kappa shape index (κ3) is 4.90. The van der Waals surface area contributed by atoms with Gasteiger partial charge in [-0.25, -0.2) is 8.42 Å². The second-order valence-corrected chi connectivity index (χ2v) is 6.26. The van der Waals surface area contributed by atoms with E-state index in [0.29, 0.717) is 12.1 Å². The summed E-state index contributed by atoms with van der Waals surface area (Å²) in [6.45, 7) is 2.16. The molecule has 1 aromatic carbocycles. The van der Waals surface area contributed by atoms with Crippen LogP contribution in [0.2, 0.25) is 0 Å². The first-order valence-corrected chi connectivity index (χ1v) is 7.80. The van der Waals surface area contributed by atoms with Crippen molar-refractivity contribution >= 4 is 21.7 Å². The summed E-state index contributed by atoms with van der Waals surface area (Å²) < 4.78 is 29.4. The molecule has 0 aliphatic heterocycles. The van der Waals surface area contributed by atoms with Crippen molar-refractivity contribution in [1.82, 2.24) is 0 Å². The van der Waals surface area contributed by atoms with Gasteiger partial charge in [0.15, 0.2) is 0 Å². The molecule has 0 fully saturated rings. The summed E-state index contributed by atoms with van der Waals surface area (Å²) >= 11 is 0. The minimum absolute atomic E-state index is 0.203. The molecule has 0 unspecified atom stereocenters. The molecule has 0 N–H and O–H groups in total. The molecule has 0 bridgehead atoms. The van der Waals surface area contributed by atoms with Crippen molar-refractivity contribution in [2.45, 2.75) is 19.8 Å². The van der Waals surface area contributed by atoms with Gasteiger partial charge in [0.25, 0.3) is 0 Å². The lowest BCUT2D eigenvalue weighted by atomic mass is 10.2. The quantitative estimate of drug-likeness (QED) is 0.746. The number of benzene rings is 1. The van der Waals surface area contributed by atoms with Gasteiger partial charge < -0.3 is 4.74 Å². The maximum atomic E-state index is 11.8. The van der Waals surface area contributed by atoms with Crippen LogP contribution in [0.5, 0.6) is 0 Å². The Morgan fingerprint density at radius 1 is 1.37 bits per heavy atom. The smallest absolute Gasteiger partial charge is 0.305 e. The third-order valence-corrected chi connectivity index (χ3v) is 3.85. The molecule has 0 heterocycles. The lowest BCUT2D eigenvalue weighted by molar-refractivity contribution is -0.140. The van der Waals surface area contributed by atoms with Crippen molar-refractivity contribution in [3.8, 4) is 0 Å². The van der Waals surface area contributed by atoms with Crippen molar-refractivity contribution in [2.24, 2.45) is 0 Å². The Morgan fingerprint density at radius 3 is 2.58 bits per heavy atom. The minimum Gasteiger partial charge on any atom is -0.469 e. The lowest BCUT2D eigenvalue weighted by Crippen LogP contribution is -2.31. The average molecular weight is 285 g/mol. The number of carbonyl (C=O) groups is 1. The van der Waals surface area contributed by atoms with Crippen LogP contribution in [0.25, 0.3) is 0 Å². The van der Waals surface area contributed by atoms with E-state index in [1.54, 1.807) is 12.1 Å². The Balaban J connectivity index is 2.83. The van der Waals surface area contributed by atoms with Gasteiger partial charge >= 0.3 is 5.97 Å². The number of anilines is 1. The molecule has 0 amide bonds. The molecule has 106 valence electrons. The second-order valence-electron chi connectivity index (χ2n) is 4.35. The van der Waals surface area contributed by atoms with Gasteiger partial charge in [-0.15, -0.1) is 0 Å². The van der Waals surface area contributed by atoms with E-state index in [4.69, 9.17) is 0 Å². The molecule has 0 atom stereocenters. The van der Waals surface area contributed by atoms with Gasteiger partial charge in [-0.3, -0.25) is 9.10 Å². The summed E-state index contributed by atoms with van der Waals surface area (Å²) in [5.41, 5.74) is 1.60. The molecular weight excluding hydrogens is 266 g/mol. The fourth-order valence-electron chi connectivity index (χ4n) is 1.74. The second kappa shape index (κ2) is 6.56. The highest BCUT2D eigenvalue weighted by Crippen LogP contribution is 2.19. The molecule has 5 nitrogen and oxygen atoms in total. The van der Waals surface area contributed by atoms with Crippen LogP contribution in [-0.2, 0) is 19.6 Å². The zero-order valence-electron chi connectivity index (χ0n) is 11.4. The molecule has 1 rings (SSSR count). The zero-order chi connectivity index (χ0) is 14.5. The molecule has 19 heavy (non-hydrogen) atoms. The standard InChI is InChI=1S/C13H19NO4S/c1-11-6-4-7-12(10-11)14(19(3,16)17)9-5-8-13(15)18-2/h4,6-7,10H,5,8-9H2,1-3H3. The SMILES string of the molecule is COC(=O)CCCN(c1cccc(C)c1)S(C)(=O)=O. The summed E-state index contributed by atoms with van der Waals surface area (Å²) in [4.78, 5) is 11.0. The molecule has 0 aliphatic rings. The number of esters is 1. The van der Waals surface area contributed by atoms with Crippen molar-refractivity contribution in [3.05, 3.63) is 29.8 Å². The van der Waals surface area contributed by atoms with E-state index in [2.05, 4.69) is 4.74 Å². The number of hydrogen-bond donors (Lipinski definition) is 0. The van der Waals surface area contributed by atoms with Crippen LogP contribution >= 0.6 is 0 Å². The summed E-state index contributed by atoms with van der Waals surface area (Å²) in [7, 11) is -2.04. The molecule has 0 saturated carbocycles. The molecule has 6 heteroatoms. The predicted molar refractivity (Wildman–Crippen MR) is 74.6 cm³/mol. The summed E-state index contributed by atoms with van der Waals surface area (Å²) in [6, 6.07) is 7.26. The van der Waals surface area contributed by atoms with Crippen molar-refractivity contribution in [2.75, 3.05) is 24.2 Å². The van der Waals surface area contributed by atoms with Crippen LogP contribution < -0.4 is 4.31 Å². The molecule has 1 aromatic rings. The van der Waals surface area contributed by atoms with Crippen LogP contribution in [0.3, 0.4) is 0 Å². The summed E-state index contributed by atoms with van der Waals surface area (Å²) in [6.07, 6.45) is 1.79. The van der Waals surface area contributed by atoms with Crippen LogP contribution in [0, 0.1) is 6.92 Å². The van der Waals surface area contributed by atoms with Crippen LogP contribution in [0.1, 0.15) is 18.4 Å². The number of nitrogens with zero attached hydrogens (tertiary/aromatic N) is 1. The van der Waals surface area contributed by atoms with E-state index in [1.807, 2.05) is 19.1 Å². The Bertz CT molecular complexity index is 539. The summed E-state index contributed by atoms with van der Waals surface area (Å²) in [5.74, 6) is -0.335. The monoisotopic (exact) mass is 285 g/mol. The van der Waals surface area contributed by atoms with Crippen LogP contribution in [0.15, 0.2) is 24.3 Å². The van der Waals surface area contributed by atoms with Gasteiger partial charge in [0.05, 0.1) is 19.1 Å². The lowest BCUT2D eigenvalue weighted by Gasteiger charge is -2.22. The number of sulfonamides is 1. The summed E-state index contributed by atoms with van der Waals surface area (Å²) in [5, 5.41) is 0. The van der Waals surface area contributed by atoms with Crippen molar-refractivity contribution < 1.29 is 17.9 Å². The Labute approximate surface area is 114 Å². The van der Waals surface area contributed by atoms with Gasteiger partial charge in [0.2, 0.25) is 10.0 Å². The molecule has 0 aliphatic carbocycles. The highest BCUT2D eigenvalue weighted by molar-refractivity contribution is 7.92. The van der Waals surface area contributed by atoms with E-state index < -0.39 is 10.0 Å². The fraction of sp³-hybridized carbons (Fsp3) is 0.462. The van der Waals surface area contributed by atoms with Gasteiger partial charge in [-0.1, -0.05) is 12.1 Å². The van der Waals surface area contributed by atoms with Crippen molar-refractivity contribution in [3.63, 3.8) is 0 Å². The highest BCUT2D eigenvalue weighted by Gasteiger charge is 2.17. The first-order chi connectivity index (χ1) is 8.84. The Morgan fingerprint density at radius 2 is 2.05 bits per heavy atom. The van der Waals surface area contributed by atoms with Gasteiger partial charge in [-0.05, 0) is 31.0 Å². The van der Waals surface area contributed by atoms with E-state index in [-0.39, 0.29) is 18.9 Å². The minimum atomic E-state index is -3.36. The molecule has 0 saturated heterocycles. The van der Waals surface area contributed by atoms with E-state index in [0.717, 1.165) is 11.8 Å². The van der Waals surface area contributed by atoms with Crippen LogP contribution in [-0.4, -0.2) is 34.3 Å². The van der Waals surface area contributed by atoms with Crippen molar-refractivity contribution in [1.29, 1.82) is 0 Å². The first kappa shape index (κ1) is 15.5. The number of ether oxygens (including phenoxy) is 1. The van der Waals surface area contributed by atoms with E-state index >= 15 is 0 Å². The Hall–Kier alpha value is -1.56. The molecular formula is C13H19NO4S. The third-order valence-electron chi connectivity index (χ3n) is 2.66. The van der Waals surface area contributed by atoms with Gasteiger partial charge in [-0.2, -0.15) is 0 Å². The van der Waals surface area contributed by atoms with E-state index in [9.17, 15) is 13.2 Å². The van der Waals surface area contributed by atoms with Crippen LogP contribution in [0.4, 0.5) is 5.69 Å². The van der Waals surface area contributed by atoms with Gasteiger partial charge in [0, 0.05) is 13.0 Å². The number of hydrogen-bond acceptors (Lipinski definition) is 4. The number of methoxy groups -OCH3 is 1. The molecule has 0 radical (unpaired) electrons. The van der Waals surface area contributed by atoms with E-state index in [1.165, 1.54) is 11.4 Å². The fourth-order valence-corrected chi connectivity index (χ4v) is 2.70. The largest absolute Gasteiger partial charge is 0.469 e. The maximum Gasteiger partial charge on any atom is 0.305 e. The maximum absolute atomic E-state index is 11.8. The Kier molecular flexibility index (Phi) is 5.35. The highest BCUT2D eigenvalue weighted by atomic mass is 32.2. The zero-order valence-corrected chi connectivity index (χ0v) is 12.2. The number of rotatable bonds is 6. The topological polar surface area (TPSA) is 63.7 Å². The predicted octanol–water partition coefficient (Wildman–Crippen LogP) is 1.71. The molecule has 0 spiro atoms. The normalized spacial score (nSPS) is 11.1. The van der Waals surface area contributed by atoms with Gasteiger partial charge in [0.1, 0.15) is 0 Å². The molecule has 0 aromatic heterocycles. The number of carbonyl (C=O) groups excluding carboxylic acids is 1.